The maximum absolute atomic E-state index is 4.50. The number of piperidine rings is 1. The Hall–Kier alpha value is -1.71. The van der Waals surface area contributed by atoms with Crippen LogP contribution in [0, 0.1) is 0 Å². The first-order valence-electron chi connectivity index (χ1n) is 6.28. The zero-order chi connectivity index (χ0) is 13.4. The second-order valence-electron chi connectivity index (χ2n) is 4.25. The van der Waals surface area contributed by atoms with Crippen LogP contribution in [0.4, 0.5) is 0 Å². The third kappa shape index (κ3) is 3.95. The number of hydrogen-bond acceptors (Lipinski definition) is 3. The second-order valence-corrected chi connectivity index (χ2v) is 4.25. The van der Waals surface area contributed by atoms with Gasteiger partial charge in [-0.05, 0) is 39.0 Å². The molecule has 0 N–H and O–H groups in total. The normalized spacial score (nSPS) is 18.8. The van der Waals surface area contributed by atoms with Crippen LogP contribution >= 0.6 is 0 Å². The zero-order valence-electron chi connectivity index (χ0n) is 11.4. The number of aliphatic imine (C=N–C) groups is 3. The Labute approximate surface area is 110 Å². The van der Waals surface area contributed by atoms with Crippen LogP contribution in [0.2, 0.25) is 0 Å². The molecule has 0 atom stereocenters. The van der Waals surface area contributed by atoms with Crippen LogP contribution in [-0.2, 0) is 0 Å². The van der Waals surface area contributed by atoms with Gasteiger partial charge < -0.3 is 4.90 Å². The molecule has 0 spiro atoms. The van der Waals surface area contributed by atoms with Crippen LogP contribution in [0.3, 0.4) is 0 Å². The number of likely N-dealkylation sites (tertiary alicyclic amines) is 1. The van der Waals surface area contributed by atoms with Gasteiger partial charge in [-0.3, -0.25) is 9.98 Å². The van der Waals surface area contributed by atoms with Gasteiger partial charge in [-0.25, -0.2) is 4.99 Å². The van der Waals surface area contributed by atoms with Crippen molar-refractivity contribution in [3.05, 3.63) is 24.0 Å². The van der Waals surface area contributed by atoms with Crippen molar-refractivity contribution < 1.29 is 0 Å². The molecule has 0 unspecified atom stereocenters. The molecule has 18 heavy (non-hydrogen) atoms. The van der Waals surface area contributed by atoms with Gasteiger partial charge in [-0.2, -0.15) is 0 Å². The lowest BCUT2D eigenvalue weighted by Gasteiger charge is -2.24. The maximum Gasteiger partial charge on any atom is 0.111 e. The SMILES string of the molecule is C=C/C(N=C)=C(\N=CN1CCCCC1)C(C)=NC. The van der Waals surface area contributed by atoms with Crippen molar-refractivity contribution in [3.63, 3.8) is 0 Å². The van der Waals surface area contributed by atoms with Crippen LogP contribution in [0.25, 0.3) is 0 Å². The van der Waals surface area contributed by atoms with Crippen molar-refractivity contribution in [1.29, 1.82) is 0 Å². The van der Waals surface area contributed by atoms with Crippen molar-refractivity contribution in [2.24, 2.45) is 15.0 Å². The standard InChI is InChI=1S/C14H22N4/c1-5-13(16-4)14(12(2)15-3)17-11-18-9-7-6-8-10-18/h5,11H,1,4,6-10H2,2-3H3/b14-13+,15-12?,17-11?. The molecular weight excluding hydrogens is 224 g/mol. The first-order valence-corrected chi connectivity index (χ1v) is 6.28. The number of allylic oxidation sites excluding steroid dienone is 2. The molecule has 1 saturated heterocycles. The summed E-state index contributed by atoms with van der Waals surface area (Å²) in [6.07, 6.45) is 7.33. The quantitative estimate of drug-likeness (QED) is 0.417. The summed E-state index contributed by atoms with van der Waals surface area (Å²) in [5.74, 6) is 0. The second kappa shape index (κ2) is 7.58. The molecule has 0 radical (unpaired) electrons. The third-order valence-electron chi connectivity index (χ3n) is 3.03. The van der Waals surface area contributed by atoms with Crippen molar-refractivity contribution >= 4 is 18.8 Å². The summed E-state index contributed by atoms with van der Waals surface area (Å²) >= 11 is 0. The van der Waals surface area contributed by atoms with Crippen LogP contribution in [0.15, 0.2) is 39.0 Å². The monoisotopic (exact) mass is 246 g/mol. The summed E-state index contributed by atoms with van der Waals surface area (Å²) in [6.45, 7) is 11.3. The van der Waals surface area contributed by atoms with E-state index in [2.05, 4.69) is 33.2 Å². The van der Waals surface area contributed by atoms with E-state index < -0.39 is 0 Å². The van der Waals surface area contributed by atoms with E-state index in [1.54, 1.807) is 13.1 Å². The number of nitrogens with zero attached hydrogens (tertiary/aromatic N) is 4. The van der Waals surface area contributed by atoms with E-state index in [1.165, 1.54) is 19.3 Å². The lowest BCUT2D eigenvalue weighted by Crippen LogP contribution is -2.28. The van der Waals surface area contributed by atoms with E-state index in [4.69, 9.17) is 0 Å². The summed E-state index contributed by atoms with van der Waals surface area (Å²) in [7, 11) is 1.75. The summed E-state index contributed by atoms with van der Waals surface area (Å²) in [4.78, 5) is 14.8. The molecule has 98 valence electrons. The van der Waals surface area contributed by atoms with Crippen LogP contribution in [-0.4, -0.2) is 43.8 Å². The highest BCUT2D eigenvalue weighted by Gasteiger charge is 2.08. The minimum Gasteiger partial charge on any atom is -0.363 e. The highest BCUT2D eigenvalue weighted by molar-refractivity contribution is 6.00. The summed E-state index contributed by atoms with van der Waals surface area (Å²) in [5, 5.41) is 0. The molecule has 0 aromatic heterocycles. The van der Waals surface area contributed by atoms with Gasteiger partial charge in [0.25, 0.3) is 0 Å². The Bertz CT molecular complexity index is 375. The molecule has 1 heterocycles. The Morgan fingerprint density at radius 3 is 2.39 bits per heavy atom. The minimum atomic E-state index is 0.673. The first kappa shape index (κ1) is 14.4. The smallest absolute Gasteiger partial charge is 0.111 e. The van der Waals surface area contributed by atoms with Crippen LogP contribution < -0.4 is 0 Å². The number of rotatable bonds is 5. The van der Waals surface area contributed by atoms with Crippen molar-refractivity contribution in [3.8, 4) is 0 Å². The van der Waals surface area contributed by atoms with Gasteiger partial charge in [0.2, 0.25) is 0 Å². The molecular formula is C14H22N4. The third-order valence-corrected chi connectivity index (χ3v) is 3.03. The Balaban J connectivity index is 2.91. The first-order chi connectivity index (χ1) is 8.72. The molecule has 4 nitrogen and oxygen atoms in total. The van der Waals surface area contributed by atoms with E-state index in [0.717, 1.165) is 24.5 Å². The van der Waals surface area contributed by atoms with Crippen LogP contribution in [0.1, 0.15) is 26.2 Å². The van der Waals surface area contributed by atoms with Gasteiger partial charge in [-0.15, -0.1) is 0 Å². The summed E-state index contributed by atoms with van der Waals surface area (Å²) < 4.78 is 0. The van der Waals surface area contributed by atoms with Crippen LogP contribution in [0.5, 0.6) is 0 Å². The molecule has 1 aliphatic heterocycles. The number of hydrogen-bond donors (Lipinski definition) is 0. The fraction of sp³-hybridized carbons (Fsp3) is 0.500. The predicted molar refractivity (Wildman–Crippen MR) is 79.7 cm³/mol. The van der Waals surface area contributed by atoms with E-state index in [1.807, 2.05) is 13.3 Å². The Morgan fingerprint density at radius 2 is 1.89 bits per heavy atom. The molecule has 4 heteroatoms. The zero-order valence-corrected chi connectivity index (χ0v) is 11.4. The summed E-state index contributed by atoms with van der Waals surface area (Å²) in [5.41, 5.74) is 2.25. The fourth-order valence-electron chi connectivity index (χ4n) is 1.86. The average molecular weight is 246 g/mol. The predicted octanol–water partition coefficient (Wildman–Crippen LogP) is 2.69. The maximum atomic E-state index is 4.50. The van der Waals surface area contributed by atoms with Gasteiger partial charge >= 0.3 is 0 Å². The molecule has 0 saturated carbocycles. The highest BCUT2D eigenvalue weighted by Crippen LogP contribution is 2.12. The molecule has 0 aliphatic carbocycles. The molecule has 0 amide bonds. The van der Waals surface area contributed by atoms with E-state index >= 15 is 0 Å². The van der Waals surface area contributed by atoms with E-state index in [0.29, 0.717) is 5.70 Å². The highest BCUT2D eigenvalue weighted by atomic mass is 15.2. The minimum absolute atomic E-state index is 0.673. The van der Waals surface area contributed by atoms with Crippen molar-refractivity contribution in [1.82, 2.24) is 4.90 Å². The van der Waals surface area contributed by atoms with Gasteiger partial charge in [0, 0.05) is 20.1 Å². The van der Waals surface area contributed by atoms with E-state index in [9.17, 15) is 0 Å². The van der Waals surface area contributed by atoms with Crippen molar-refractivity contribution in [2.45, 2.75) is 26.2 Å². The lowest BCUT2D eigenvalue weighted by molar-refractivity contribution is 0.351. The van der Waals surface area contributed by atoms with Gasteiger partial charge in [0.1, 0.15) is 5.70 Å². The topological polar surface area (TPSA) is 40.3 Å². The van der Waals surface area contributed by atoms with Gasteiger partial charge in [0.15, 0.2) is 0 Å². The van der Waals surface area contributed by atoms with Gasteiger partial charge in [-0.1, -0.05) is 6.58 Å². The fourth-order valence-corrected chi connectivity index (χ4v) is 1.86. The summed E-state index contributed by atoms with van der Waals surface area (Å²) in [6, 6.07) is 0. The Kier molecular flexibility index (Phi) is 6.05. The van der Waals surface area contributed by atoms with Gasteiger partial charge in [0.05, 0.1) is 17.7 Å². The molecule has 0 bridgehead atoms. The largest absolute Gasteiger partial charge is 0.363 e. The Morgan fingerprint density at radius 1 is 1.22 bits per heavy atom. The molecule has 0 aromatic rings. The average Bonchev–Trinajstić information content (AvgIpc) is 2.43. The van der Waals surface area contributed by atoms with E-state index in [-0.39, 0.29) is 0 Å². The molecule has 1 aliphatic rings. The molecule has 1 rings (SSSR count). The van der Waals surface area contributed by atoms with Crippen molar-refractivity contribution in [2.75, 3.05) is 20.1 Å². The lowest BCUT2D eigenvalue weighted by atomic mass is 10.1. The molecule has 1 fully saturated rings. The molecule has 0 aromatic carbocycles.